The number of carbonyl (C=O) groups is 1. The molecule has 1 N–H and O–H groups in total. The van der Waals surface area contributed by atoms with E-state index in [9.17, 15) is 13.2 Å². The summed E-state index contributed by atoms with van der Waals surface area (Å²) in [4.78, 5) is 11.7. The Morgan fingerprint density at radius 3 is 2.50 bits per heavy atom. The average molecular weight is 338 g/mol. The fourth-order valence-electron chi connectivity index (χ4n) is 1.54. The van der Waals surface area contributed by atoms with Gasteiger partial charge in [0, 0.05) is 6.54 Å². The average Bonchev–Trinajstić information content (AvgIpc) is 2.39. The van der Waals surface area contributed by atoms with Gasteiger partial charge in [0.15, 0.2) is 9.84 Å². The van der Waals surface area contributed by atoms with Gasteiger partial charge in [0.1, 0.15) is 5.25 Å². The second-order valence-electron chi connectivity index (χ2n) is 4.49. The fourth-order valence-corrected chi connectivity index (χ4v) is 3.17. The van der Waals surface area contributed by atoms with Crippen LogP contribution in [0.4, 0.5) is 0 Å². The van der Waals surface area contributed by atoms with Crippen molar-refractivity contribution in [1.82, 2.24) is 5.32 Å². The molecule has 4 nitrogen and oxygen atoms in total. The molecule has 0 heterocycles. The highest BCUT2D eigenvalue weighted by molar-refractivity contribution is 7.92. The van der Waals surface area contributed by atoms with Crippen molar-refractivity contribution < 1.29 is 13.2 Å². The fraction of sp³-hybridized carbons (Fsp3) is 0.462. The summed E-state index contributed by atoms with van der Waals surface area (Å²) in [6.45, 7) is 3.75. The van der Waals surface area contributed by atoms with E-state index in [1.807, 2.05) is 6.92 Å². The second kappa shape index (κ2) is 7.29. The van der Waals surface area contributed by atoms with Gasteiger partial charge in [0.2, 0.25) is 5.91 Å². The third kappa shape index (κ3) is 4.65. The van der Waals surface area contributed by atoms with Crippen molar-refractivity contribution in [2.75, 3.05) is 6.54 Å². The molecule has 1 rings (SSSR count). The molecule has 1 unspecified atom stereocenters. The molecule has 0 aromatic heterocycles. The Bertz CT molecular complexity index is 587. The molecule has 0 radical (unpaired) electrons. The van der Waals surface area contributed by atoms with Crippen LogP contribution >= 0.6 is 23.2 Å². The lowest BCUT2D eigenvalue weighted by atomic mass is 10.2. The van der Waals surface area contributed by atoms with Crippen LogP contribution in [-0.4, -0.2) is 26.1 Å². The highest BCUT2D eigenvalue weighted by atomic mass is 35.5. The quantitative estimate of drug-likeness (QED) is 0.868. The zero-order valence-electron chi connectivity index (χ0n) is 11.3. The number of halogens is 2. The summed E-state index contributed by atoms with van der Waals surface area (Å²) < 4.78 is 24.3. The van der Waals surface area contributed by atoms with E-state index >= 15 is 0 Å². The minimum Gasteiger partial charge on any atom is -0.355 e. The summed E-state index contributed by atoms with van der Waals surface area (Å²) in [6.07, 6.45) is 0.755. The molecule has 7 heteroatoms. The predicted molar refractivity (Wildman–Crippen MR) is 81.8 cm³/mol. The van der Waals surface area contributed by atoms with Gasteiger partial charge < -0.3 is 5.32 Å². The number of nitrogens with one attached hydrogen (secondary N) is 1. The first-order chi connectivity index (χ1) is 9.27. The van der Waals surface area contributed by atoms with Crippen molar-refractivity contribution in [2.45, 2.75) is 31.3 Å². The second-order valence-corrected chi connectivity index (χ2v) is 7.62. The minimum atomic E-state index is -3.59. The molecular weight excluding hydrogens is 321 g/mol. The Balaban J connectivity index is 2.83. The Hall–Kier alpha value is -0.780. The van der Waals surface area contributed by atoms with Crippen molar-refractivity contribution in [2.24, 2.45) is 0 Å². The van der Waals surface area contributed by atoms with E-state index < -0.39 is 21.0 Å². The Morgan fingerprint density at radius 1 is 1.30 bits per heavy atom. The first-order valence-electron chi connectivity index (χ1n) is 6.21. The first kappa shape index (κ1) is 17.3. The van der Waals surface area contributed by atoms with Gasteiger partial charge >= 0.3 is 0 Å². The molecule has 0 bridgehead atoms. The lowest BCUT2D eigenvalue weighted by molar-refractivity contribution is -0.120. The number of benzene rings is 1. The van der Waals surface area contributed by atoms with Crippen LogP contribution < -0.4 is 5.32 Å². The summed E-state index contributed by atoms with van der Waals surface area (Å²) in [7, 11) is -3.59. The Labute approximate surface area is 129 Å². The molecule has 0 saturated carbocycles. The van der Waals surface area contributed by atoms with Crippen LogP contribution in [0.3, 0.4) is 0 Å². The predicted octanol–water partition coefficient (Wildman–Crippen LogP) is 2.82. The van der Waals surface area contributed by atoms with Crippen molar-refractivity contribution in [3.8, 4) is 0 Å². The molecule has 1 aromatic carbocycles. The molecule has 1 aromatic rings. The van der Waals surface area contributed by atoms with E-state index in [1.165, 1.54) is 19.1 Å². The van der Waals surface area contributed by atoms with Crippen LogP contribution in [0.2, 0.25) is 10.0 Å². The molecule has 0 spiro atoms. The Kier molecular flexibility index (Phi) is 6.30. The van der Waals surface area contributed by atoms with Gasteiger partial charge in [-0.1, -0.05) is 36.2 Å². The molecule has 0 aliphatic heterocycles. The standard InChI is InChI=1S/C13H17Cl2NO3S/c1-3-6-16-13(17)9(2)20(18,19)8-10-4-5-11(14)12(15)7-10/h4-5,7,9H,3,6,8H2,1-2H3,(H,16,17). The number of hydrogen-bond donors (Lipinski definition) is 1. The van der Waals surface area contributed by atoms with Gasteiger partial charge in [-0.2, -0.15) is 0 Å². The number of carbonyl (C=O) groups excluding carboxylic acids is 1. The van der Waals surface area contributed by atoms with Gasteiger partial charge in [-0.05, 0) is 31.0 Å². The maximum Gasteiger partial charge on any atom is 0.238 e. The van der Waals surface area contributed by atoms with Gasteiger partial charge in [-0.25, -0.2) is 8.42 Å². The summed E-state index contributed by atoms with van der Waals surface area (Å²) >= 11 is 11.6. The molecule has 0 aliphatic carbocycles. The van der Waals surface area contributed by atoms with E-state index in [-0.39, 0.29) is 5.75 Å². The number of sulfone groups is 1. The van der Waals surface area contributed by atoms with E-state index in [1.54, 1.807) is 6.07 Å². The zero-order valence-corrected chi connectivity index (χ0v) is 13.6. The van der Waals surface area contributed by atoms with Crippen LogP contribution in [0.25, 0.3) is 0 Å². The molecule has 1 atom stereocenters. The number of hydrogen-bond acceptors (Lipinski definition) is 3. The third-order valence-corrected chi connectivity index (χ3v) is 5.58. The van der Waals surface area contributed by atoms with E-state index in [0.29, 0.717) is 22.2 Å². The molecule has 0 saturated heterocycles. The maximum atomic E-state index is 12.2. The lowest BCUT2D eigenvalue weighted by Gasteiger charge is -2.13. The van der Waals surface area contributed by atoms with E-state index in [4.69, 9.17) is 23.2 Å². The highest BCUT2D eigenvalue weighted by Crippen LogP contribution is 2.24. The minimum absolute atomic E-state index is 0.245. The van der Waals surface area contributed by atoms with Crippen LogP contribution in [-0.2, 0) is 20.4 Å². The summed E-state index contributed by atoms with van der Waals surface area (Å²) in [6, 6.07) is 4.62. The van der Waals surface area contributed by atoms with Crippen molar-refractivity contribution in [3.05, 3.63) is 33.8 Å². The molecular formula is C13H17Cl2NO3S. The van der Waals surface area contributed by atoms with Gasteiger partial charge in [-0.15, -0.1) is 0 Å². The van der Waals surface area contributed by atoms with Crippen molar-refractivity contribution in [1.29, 1.82) is 0 Å². The monoisotopic (exact) mass is 337 g/mol. The zero-order chi connectivity index (χ0) is 15.3. The van der Waals surface area contributed by atoms with E-state index in [0.717, 1.165) is 6.42 Å². The van der Waals surface area contributed by atoms with Crippen LogP contribution in [0.5, 0.6) is 0 Å². The van der Waals surface area contributed by atoms with E-state index in [2.05, 4.69) is 5.32 Å². The molecule has 0 aliphatic rings. The summed E-state index contributed by atoms with van der Waals surface area (Å²) in [5.41, 5.74) is 0.509. The molecule has 112 valence electrons. The van der Waals surface area contributed by atoms with Gasteiger partial charge in [0.25, 0.3) is 0 Å². The number of amides is 1. The van der Waals surface area contributed by atoms with Gasteiger partial charge in [-0.3, -0.25) is 4.79 Å². The number of rotatable bonds is 6. The highest BCUT2D eigenvalue weighted by Gasteiger charge is 2.27. The topological polar surface area (TPSA) is 63.2 Å². The molecule has 0 fully saturated rings. The lowest BCUT2D eigenvalue weighted by Crippen LogP contribution is -2.38. The molecule has 20 heavy (non-hydrogen) atoms. The summed E-state index contributed by atoms with van der Waals surface area (Å²) in [5.74, 6) is -0.725. The largest absolute Gasteiger partial charge is 0.355 e. The SMILES string of the molecule is CCCNC(=O)C(C)S(=O)(=O)Cc1ccc(Cl)c(Cl)c1. The first-order valence-corrected chi connectivity index (χ1v) is 8.68. The maximum absolute atomic E-state index is 12.2. The van der Waals surface area contributed by atoms with Crippen LogP contribution in [0.15, 0.2) is 18.2 Å². The summed E-state index contributed by atoms with van der Waals surface area (Å²) in [5, 5.41) is 2.14. The third-order valence-electron chi connectivity index (χ3n) is 2.81. The van der Waals surface area contributed by atoms with Crippen LogP contribution in [0.1, 0.15) is 25.8 Å². The van der Waals surface area contributed by atoms with Crippen molar-refractivity contribution in [3.63, 3.8) is 0 Å². The Morgan fingerprint density at radius 2 is 1.95 bits per heavy atom. The molecule has 1 amide bonds. The smallest absolute Gasteiger partial charge is 0.238 e. The van der Waals surface area contributed by atoms with Crippen molar-refractivity contribution >= 4 is 38.9 Å². The van der Waals surface area contributed by atoms with Gasteiger partial charge in [0.05, 0.1) is 15.8 Å². The van der Waals surface area contributed by atoms with Crippen LogP contribution in [0, 0.1) is 0 Å². The normalized spacial score (nSPS) is 13.0.